The fourth-order valence-corrected chi connectivity index (χ4v) is 1.48. The number of rotatable bonds is 6. The molecule has 1 atom stereocenters. The first-order valence-electron chi connectivity index (χ1n) is 5.83. The first kappa shape index (κ1) is 14.9. The number of hydrogen-bond donors (Lipinski definition) is 2. The lowest BCUT2D eigenvalue weighted by molar-refractivity contribution is -0.385. The quantitative estimate of drug-likeness (QED) is 0.594. The van der Waals surface area contributed by atoms with Gasteiger partial charge >= 0.3 is 5.69 Å². The number of nitro benzene ring substituents is 1. The average molecular weight is 268 g/mol. The smallest absolute Gasteiger partial charge is 0.311 e. The van der Waals surface area contributed by atoms with Crippen molar-refractivity contribution < 1.29 is 19.6 Å². The highest BCUT2D eigenvalue weighted by atomic mass is 16.6. The van der Waals surface area contributed by atoms with E-state index in [9.17, 15) is 14.9 Å². The average Bonchev–Trinajstić information content (AvgIpc) is 2.36. The third-order valence-electron chi connectivity index (χ3n) is 2.28. The molecule has 0 aliphatic carbocycles. The zero-order chi connectivity index (χ0) is 14.4. The van der Waals surface area contributed by atoms with Crippen LogP contribution in [0.1, 0.15) is 24.2 Å². The van der Waals surface area contributed by atoms with Crippen molar-refractivity contribution in [2.24, 2.45) is 0 Å². The van der Waals surface area contributed by atoms with Crippen LogP contribution in [0.3, 0.4) is 0 Å². The van der Waals surface area contributed by atoms with E-state index in [0.717, 1.165) is 0 Å². The third-order valence-corrected chi connectivity index (χ3v) is 2.28. The fourth-order valence-electron chi connectivity index (χ4n) is 1.48. The lowest BCUT2D eigenvalue weighted by atomic mass is 10.1. The van der Waals surface area contributed by atoms with Crippen molar-refractivity contribution in [3.05, 3.63) is 33.9 Å². The highest BCUT2D eigenvalue weighted by Crippen LogP contribution is 2.30. The number of carbonyl (C=O) groups excluding carboxylic acids is 1. The van der Waals surface area contributed by atoms with Gasteiger partial charge < -0.3 is 15.2 Å². The predicted octanol–water partition coefficient (Wildman–Crippen LogP) is 1.10. The van der Waals surface area contributed by atoms with Gasteiger partial charge in [-0.15, -0.1) is 0 Å². The SMILES string of the molecule is CCOc1c(C(=O)NC[C@@H](C)O)cccc1[N+](=O)[O-]. The molecular weight excluding hydrogens is 252 g/mol. The topological polar surface area (TPSA) is 102 Å². The molecule has 1 amide bonds. The molecule has 0 aliphatic heterocycles. The van der Waals surface area contributed by atoms with Crippen LogP contribution in [-0.2, 0) is 0 Å². The maximum Gasteiger partial charge on any atom is 0.311 e. The largest absolute Gasteiger partial charge is 0.487 e. The minimum absolute atomic E-state index is 0.0573. The Bertz CT molecular complexity index is 473. The molecule has 0 fully saturated rings. The Morgan fingerprint density at radius 3 is 2.79 bits per heavy atom. The van der Waals surface area contributed by atoms with E-state index in [4.69, 9.17) is 9.84 Å². The first-order valence-corrected chi connectivity index (χ1v) is 5.83. The molecule has 104 valence electrons. The van der Waals surface area contributed by atoms with Crippen LogP contribution in [0, 0.1) is 10.1 Å². The molecule has 0 aliphatic rings. The molecule has 0 unspecified atom stereocenters. The summed E-state index contributed by atoms with van der Waals surface area (Å²) >= 11 is 0. The van der Waals surface area contributed by atoms with Gasteiger partial charge in [-0.1, -0.05) is 6.07 Å². The molecule has 7 nitrogen and oxygen atoms in total. The lowest BCUT2D eigenvalue weighted by Crippen LogP contribution is -2.30. The van der Waals surface area contributed by atoms with Gasteiger partial charge in [0.25, 0.3) is 5.91 Å². The summed E-state index contributed by atoms with van der Waals surface area (Å²) in [5.41, 5.74) is -0.178. The first-order chi connectivity index (χ1) is 8.97. The molecular formula is C12H16N2O5. The summed E-state index contributed by atoms with van der Waals surface area (Å²) in [5, 5.41) is 22.5. The maximum absolute atomic E-state index is 11.9. The van der Waals surface area contributed by atoms with Gasteiger partial charge in [0.2, 0.25) is 5.75 Å². The molecule has 19 heavy (non-hydrogen) atoms. The third kappa shape index (κ3) is 3.92. The van der Waals surface area contributed by atoms with Crippen LogP contribution >= 0.6 is 0 Å². The molecule has 7 heteroatoms. The summed E-state index contributed by atoms with van der Waals surface area (Å²) in [4.78, 5) is 22.2. The van der Waals surface area contributed by atoms with Crippen molar-refractivity contribution in [2.45, 2.75) is 20.0 Å². The van der Waals surface area contributed by atoms with E-state index in [2.05, 4.69) is 5.32 Å². The molecule has 1 aromatic carbocycles. The van der Waals surface area contributed by atoms with Gasteiger partial charge in [0.15, 0.2) is 0 Å². The van der Waals surface area contributed by atoms with Crippen LogP contribution in [0.4, 0.5) is 5.69 Å². The zero-order valence-electron chi connectivity index (χ0n) is 10.8. The number of benzene rings is 1. The van der Waals surface area contributed by atoms with Crippen molar-refractivity contribution in [2.75, 3.05) is 13.2 Å². The highest BCUT2D eigenvalue weighted by Gasteiger charge is 2.22. The summed E-state index contributed by atoms with van der Waals surface area (Å²) in [5.74, 6) is -0.578. The van der Waals surface area contributed by atoms with Crippen molar-refractivity contribution in [1.82, 2.24) is 5.32 Å². The van der Waals surface area contributed by atoms with E-state index in [1.807, 2.05) is 0 Å². The summed E-state index contributed by atoms with van der Waals surface area (Å²) in [7, 11) is 0. The van der Waals surface area contributed by atoms with Crippen LogP contribution in [-0.4, -0.2) is 35.2 Å². The predicted molar refractivity (Wildman–Crippen MR) is 68.3 cm³/mol. The van der Waals surface area contributed by atoms with Crippen molar-refractivity contribution >= 4 is 11.6 Å². The maximum atomic E-state index is 11.9. The molecule has 0 heterocycles. The monoisotopic (exact) mass is 268 g/mol. The number of carbonyl (C=O) groups is 1. The number of nitro groups is 1. The second-order valence-corrected chi connectivity index (χ2v) is 3.90. The molecule has 0 bridgehead atoms. The number of nitrogens with zero attached hydrogens (tertiary/aromatic N) is 1. The van der Waals surface area contributed by atoms with Gasteiger partial charge in [0.05, 0.1) is 23.2 Å². The molecule has 0 saturated heterocycles. The normalized spacial score (nSPS) is 11.7. The van der Waals surface area contributed by atoms with Crippen LogP contribution in [0.2, 0.25) is 0 Å². The number of nitrogens with one attached hydrogen (secondary N) is 1. The summed E-state index contributed by atoms with van der Waals surface area (Å²) in [6, 6.07) is 4.13. The summed E-state index contributed by atoms with van der Waals surface area (Å²) in [6.07, 6.45) is -0.696. The number of aliphatic hydroxyl groups excluding tert-OH is 1. The fraction of sp³-hybridized carbons (Fsp3) is 0.417. The van der Waals surface area contributed by atoms with E-state index in [1.165, 1.54) is 25.1 Å². The molecule has 1 rings (SSSR count). The number of hydrogen-bond acceptors (Lipinski definition) is 5. The van der Waals surface area contributed by atoms with Crippen LogP contribution in [0.5, 0.6) is 5.75 Å². The van der Waals surface area contributed by atoms with Gasteiger partial charge in [-0.3, -0.25) is 14.9 Å². The standard InChI is InChI=1S/C12H16N2O5/c1-3-19-11-9(12(16)13-7-8(2)15)5-4-6-10(11)14(17)18/h4-6,8,15H,3,7H2,1-2H3,(H,13,16)/t8-/m1/s1. The lowest BCUT2D eigenvalue weighted by Gasteiger charge is -2.11. The highest BCUT2D eigenvalue weighted by molar-refractivity contribution is 5.98. The minimum Gasteiger partial charge on any atom is -0.487 e. The van der Waals surface area contributed by atoms with E-state index in [-0.39, 0.29) is 30.2 Å². The van der Waals surface area contributed by atoms with Crippen molar-refractivity contribution in [3.63, 3.8) is 0 Å². The number of aliphatic hydroxyl groups is 1. The van der Waals surface area contributed by atoms with Crippen molar-refractivity contribution in [3.8, 4) is 5.75 Å². The summed E-state index contributed by atoms with van der Waals surface area (Å²) in [6.45, 7) is 3.47. The van der Waals surface area contributed by atoms with E-state index in [0.29, 0.717) is 0 Å². The number of amides is 1. The Morgan fingerprint density at radius 1 is 1.58 bits per heavy atom. The Morgan fingerprint density at radius 2 is 2.26 bits per heavy atom. The Balaban J connectivity index is 3.08. The molecule has 1 aromatic rings. The van der Waals surface area contributed by atoms with Gasteiger partial charge in [0.1, 0.15) is 0 Å². The van der Waals surface area contributed by atoms with Crippen LogP contribution in [0.25, 0.3) is 0 Å². The Kier molecular flexibility index (Phi) is 5.25. The minimum atomic E-state index is -0.696. The number of ether oxygens (including phenoxy) is 1. The van der Waals surface area contributed by atoms with Gasteiger partial charge in [-0.05, 0) is 19.9 Å². The Hall–Kier alpha value is -2.15. The molecule has 0 radical (unpaired) electrons. The van der Waals surface area contributed by atoms with Gasteiger partial charge in [-0.25, -0.2) is 0 Å². The molecule has 0 saturated carbocycles. The van der Waals surface area contributed by atoms with Gasteiger partial charge in [0, 0.05) is 12.6 Å². The van der Waals surface area contributed by atoms with E-state index >= 15 is 0 Å². The molecule has 0 aromatic heterocycles. The summed E-state index contributed by atoms with van der Waals surface area (Å²) < 4.78 is 5.19. The zero-order valence-corrected chi connectivity index (χ0v) is 10.8. The van der Waals surface area contributed by atoms with Gasteiger partial charge in [-0.2, -0.15) is 0 Å². The Labute approximate surface area is 110 Å². The van der Waals surface area contributed by atoms with Crippen molar-refractivity contribution in [1.29, 1.82) is 0 Å². The second kappa shape index (κ2) is 6.69. The van der Waals surface area contributed by atoms with Crippen LogP contribution in [0.15, 0.2) is 18.2 Å². The number of para-hydroxylation sites is 1. The van der Waals surface area contributed by atoms with E-state index in [1.54, 1.807) is 6.92 Å². The molecule has 2 N–H and O–H groups in total. The molecule has 0 spiro atoms. The second-order valence-electron chi connectivity index (χ2n) is 3.90. The van der Waals surface area contributed by atoms with E-state index < -0.39 is 16.9 Å². The van der Waals surface area contributed by atoms with Crippen LogP contribution < -0.4 is 10.1 Å².